The molecule has 0 spiro atoms. The van der Waals surface area contributed by atoms with E-state index in [0.29, 0.717) is 6.54 Å². The zero-order valence-electron chi connectivity index (χ0n) is 10.3. The first kappa shape index (κ1) is 13.0. The number of benzene rings is 1. The number of aromatic nitrogens is 1. The molecule has 2 aromatic rings. The van der Waals surface area contributed by atoms with E-state index >= 15 is 0 Å². The van der Waals surface area contributed by atoms with Crippen LogP contribution in [0.3, 0.4) is 0 Å². The molecule has 1 amide bonds. The van der Waals surface area contributed by atoms with Gasteiger partial charge in [-0.2, -0.15) is 0 Å². The second-order valence-electron chi connectivity index (χ2n) is 4.12. The molecule has 0 aliphatic rings. The molecule has 0 aliphatic carbocycles. The van der Waals surface area contributed by atoms with Crippen LogP contribution in [0.1, 0.15) is 21.6 Å². The van der Waals surface area contributed by atoms with Crippen LogP contribution in [0.5, 0.6) is 0 Å². The summed E-state index contributed by atoms with van der Waals surface area (Å²) >= 11 is 0. The minimum Gasteiger partial charge on any atom is -0.392 e. The standard InChI is InChI=1S/C14H15N3O2/c15-14(19)13-7-12(5-6-16-13)17-8-10-1-3-11(9-18)4-2-10/h1-7,18H,8-9H2,(H2,15,19)(H,16,17). The summed E-state index contributed by atoms with van der Waals surface area (Å²) < 4.78 is 0. The van der Waals surface area contributed by atoms with Gasteiger partial charge in [0.1, 0.15) is 5.69 Å². The van der Waals surface area contributed by atoms with Gasteiger partial charge in [0.2, 0.25) is 0 Å². The van der Waals surface area contributed by atoms with E-state index in [9.17, 15) is 4.79 Å². The SMILES string of the molecule is NC(=O)c1cc(NCc2ccc(CO)cc2)ccn1. The largest absolute Gasteiger partial charge is 0.392 e. The van der Waals surface area contributed by atoms with E-state index in [-0.39, 0.29) is 12.3 Å². The van der Waals surface area contributed by atoms with Gasteiger partial charge >= 0.3 is 0 Å². The second-order valence-corrected chi connectivity index (χ2v) is 4.12. The average molecular weight is 257 g/mol. The number of hydrogen-bond donors (Lipinski definition) is 3. The van der Waals surface area contributed by atoms with Gasteiger partial charge in [0, 0.05) is 18.4 Å². The fraction of sp³-hybridized carbons (Fsp3) is 0.143. The van der Waals surface area contributed by atoms with E-state index in [0.717, 1.165) is 16.8 Å². The van der Waals surface area contributed by atoms with Crippen molar-refractivity contribution in [2.45, 2.75) is 13.2 Å². The number of carbonyl (C=O) groups is 1. The molecule has 0 atom stereocenters. The molecule has 2 rings (SSSR count). The van der Waals surface area contributed by atoms with Crippen LogP contribution in [0.25, 0.3) is 0 Å². The molecule has 98 valence electrons. The Bertz CT molecular complexity index is 567. The third-order valence-electron chi connectivity index (χ3n) is 2.71. The molecule has 0 aliphatic heterocycles. The molecule has 19 heavy (non-hydrogen) atoms. The number of nitrogens with one attached hydrogen (secondary N) is 1. The predicted molar refractivity (Wildman–Crippen MR) is 72.4 cm³/mol. The summed E-state index contributed by atoms with van der Waals surface area (Å²) in [7, 11) is 0. The Morgan fingerprint density at radius 1 is 1.21 bits per heavy atom. The lowest BCUT2D eigenvalue weighted by Gasteiger charge is -2.07. The minimum absolute atomic E-state index is 0.0417. The number of anilines is 1. The lowest BCUT2D eigenvalue weighted by molar-refractivity contribution is 0.0995. The Kier molecular flexibility index (Phi) is 4.10. The molecular weight excluding hydrogens is 242 g/mol. The molecular formula is C14H15N3O2. The van der Waals surface area contributed by atoms with Crippen LogP contribution < -0.4 is 11.1 Å². The van der Waals surface area contributed by atoms with Gasteiger partial charge in [-0.25, -0.2) is 0 Å². The summed E-state index contributed by atoms with van der Waals surface area (Å²) in [4.78, 5) is 14.9. The Labute approximate surface area is 111 Å². The number of pyridine rings is 1. The summed E-state index contributed by atoms with van der Waals surface area (Å²) in [5.74, 6) is -0.545. The van der Waals surface area contributed by atoms with E-state index < -0.39 is 5.91 Å². The highest BCUT2D eigenvalue weighted by atomic mass is 16.3. The molecule has 0 unspecified atom stereocenters. The summed E-state index contributed by atoms with van der Waals surface area (Å²) in [6.07, 6.45) is 1.54. The van der Waals surface area contributed by atoms with E-state index in [1.54, 1.807) is 12.1 Å². The molecule has 1 heterocycles. The van der Waals surface area contributed by atoms with E-state index in [1.807, 2.05) is 24.3 Å². The Morgan fingerprint density at radius 3 is 2.53 bits per heavy atom. The maximum Gasteiger partial charge on any atom is 0.267 e. The third kappa shape index (κ3) is 3.53. The molecule has 1 aromatic carbocycles. The monoisotopic (exact) mass is 257 g/mol. The summed E-state index contributed by atoms with van der Waals surface area (Å²) in [5, 5.41) is 12.1. The Hall–Kier alpha value is -2.40. The van der Waals surface area contributed by atoms with Crippen molar-refractivity contribution in [2.75, 3.05) is 5.32 Å². The van der Waals surface area contributed by atoms with Crippen molar-refractivity contribution in [1.82, 2.24) is 4.98 Å². The first-order valence-electron chi connectivity index (χ1n) is 5.87. The Morgan fingerprint density at radius 2 is 1.89 bits per heavy atom. The van der Waals surface area contributed by atoms with Crippen LogP contribution in [-0.2, 0) is 13.2 Å². The molecule has 0 saturated heterocycles. The van der Waals surface area contributed by atoms with E-state index in [2.05, 4.69) is 10.3 Å². The van der Waals surface area contributed by atoms with Crippen molar-refractivity contribution in [1.29, 1.82) is 0 Å². The van der Waals surface area contributed by atoms with E-state index in [4.69, 9.17) is 10.8 Å². The zero-order chi connectivity index (χ0) is 13.7. The van der Waals surface area contributed by atoms with Gasteiger partial charge in [0.25, 0.3) is 5.91 Å². The van der Waals surface area contributed by atoms with Crippen LogP contribution in [0.4, 0.5) is 5.69 Å². The fourth-order valence-corrected chi connectivity index (χ4v) is 1.64. The van der Waals surface area contributed by atoms with Gasteiger partial charge in [-0.1, -0.05) is 24.3 Å². The van der Waals surface area contributed by atoms with Crippen molar-refractivity contribution in [2.24, 2.45) is 5.73 Å². The number of nitrogens with two attached hydrogens (primary N) is 1. The fourth-order valence-electron chi connectivity index (χ4n) is 1.64. The van der Waals surface area contributed by atoms with Crippen LogP contribution >= 0.6 is 0 Å². The van der Waals surface area contributed by atoms with Crippen molar-refractivity contribution >= 4 is 11.6 Å². The number of nitrogens with zero attached hydrogens (tertiary/aromatic N) is 1. The molecule has 0 radical (unpaired) electrons. The van der Waals surface area contributed by atoms with Gasteiger partial charge in [-0.05, 0) is 23.3 Å². The van der Waals surface area contributed by atoms with Gasteiger partial charge < -0.3 is 16.2 Å². The molecule has 0 fully saturated rings. The molecule has 5 nitrogen and oxygen atoms in total. The number of hydrogen-bond acceptors (Lipinski definition) is 4. The van der Waals surface area contributed by atoms with Crippen LogP contribution in [0.2, 0.25) is 0 Å². The van der Waals surface area contributed by atoms with Crippen molar-refractivity contribution in [3.63, 3.8) is 0 Å². The van der Waals surface area contributed by atoms with Crippen molar-refractivity contribution in [3.05, 3.63) is 59.4 Å². The number of rotatable bonds is 5. The van der Waals surface area contributed by atoms with Crippen molar-refractivity contribution < 1.29 is 9.90 Å². The maximum atomic E-state index is 11.0. The third-order valence-corrected chi connectivity index (χ3v) is 2.71. The number of primary amides is 1. The average Bonchev–Trinajstić information content (AvgIpc) is 2.46. The first-order valence-corrected chi connectivity index (χ1v) is 5.87. The lowest BCUT2D eigenvalue weighted by atomic mass is 10.1. The summed E-state index contributed by atoms with van der Waals surface area (Å²) in [6.45, 7) is 0.661. The van der Waals surface area contributed by atoms with E-state index in [1.165, 1.54) is 6.20 Å². The highest BCUT2D eigenvalue weighted by Gasteiger charge is 2.02. The quantitative estimate of drug-likeness (QED) is 0.753. The molecule has 1 aromatic heterocycles. The van der Waals surface area contributed by atoms with Crippen molar-refractivity contribution in [3.8, 4) is 0 Å². The maximum absolute atomic E-state index is 11.0. The number of aliphatic hydroxyl groups excluding tert-OH is 1. The van der Waals surface area contributed by atoms with Gasteiger partial charge in [-0.3, -0.25) is 9.78 Å². The lowest BCUT2D eigenvalue weighted by Crippen LogP contribution is -2.13. The number of aliphatic hydroxyl groups is 1. The van der Waals surface area contributed by atoms with Crippen LogP contribution in [-0.4, -0.2) is 16.0 Å². The molecule has 5 heteroatoms. The normalized spacial score (nSPS) is 10.2. The molecule has 4 N–H and O–H groups in total. The Balaban J connectivity index is 2.01. The van der Waals surface area contributed by atoms with Crippen LogP contribution in [0.15, 0.2) is 42.6 Å². The van der Waals surface area contributed by atoms with Crippen LogP contribution in [0, 0.1) is 0 Å². The summed E-state index contributed by atoms with van der Waals surface area (Å²) in [6, 6.07) is 11.0. The van der Waals surface area contributed by atoms with Gasteiger partial charge in [0.15, 0.2) is 0 Å². The van der Waals surface area contributed by atoms with Gasteiger partial charge in [-0.15, -0.1) is 0 Å². The second kappa shape index (κ2) is 5.97. The minimum atomic E-state index is -0.545. The number of amides is 1. The first-order chi connectivity index (χ1) is 9.19. The highest BCUT2D eigenvalue weighted by molar-refractivity contribution is 5.91. The zero-order valence-corrected chi connectivity index (χ0v) is 10.3. The smallest absolute Gasteiger partial charge is 0.267 e. The summed E-state index contributed by atoms with van der Waals surface area (Å²) in [5.41, 5.74) is 8.15. The number of carbonyl (C=O) groups excluding carboxylic acids is 1. The molecule has 0 saturated carbocycles. The highest BCUT2D eigenvalue weighted by Crippen LogP contribution is 2.11. The topological polar surface area (TPSA) is 88.2 Å². The van der Waals surface area contributed by atoms with Gasteiger partial charge in [0.05, 0.1) is 6.61 Å². The molecule has 0 bridgehead atoms. The predicted octanol–water partition coefficient (Wildman–Crippen LogP) is 1.28.